The fraction of sp³-hybridized carbons (Fsp3) is 0.350. The van der Waals surface area contributed by atoms with E-state index in [1.165, 1.54) is 0 Å². The first-order valence-corrected chi connectivity index (χ1v) is 8.81. The number of hydrogen-bond donors (Lipinski definition) is 1. The van der Waals surface area contributed by atoms with Gasteiger partial charge in [-0.05, 0) is 42.5 Å². The number of benzene rings is 2. The lowest BCUT2D eigenvalue weighted by molar-refractivity contribution is -0.122. The van der Waals surface area contributed by atoms with Gasteiger partial charge in [0.1, 0.15) is 5.75 Å². The zero-order chi connectivity index (χ0) is 17.5. The summed E-state index contributed by atoms with van der Waals surface area (Å²) in [4.78, 5) is 12.7. The first-order valence-electron chi connectivity index (χ1n) is 8.43. The molecule has 2 rings (SSSR count). The quantitative estimate of drug-likeness (QED) is 0.743. The molecule has 0 fully saturated rings. The molecule has 0 aliphatic rings. The number of carbonyl (C=O) groups is 1. The van der Waals surface area contributed by atoms with Gasteiger partial charge in [0.05, 0.1) is 5.02 Å². The maximum atomic E-state index is 12.7. The third kappa shape index (κ3) is 4.30. The number of ether oxygens (including phenoxy) is 1. The Labute approximate surface area is 149 Å². The van der Waals surface area contributed by atoms with Gasteiger partial charge in [0.25, 0.3) is 5.91 Å². The zero-order valence-corrected chi connectivity index (χ0v) is 15.2. The minimum absolute atomic E-state index is 0.145. The molecule has 0 spiro atoms. The highest BCUT2D eigenvalue weighted by Crippen LogP contribution is 2.26. The molecule has 0 unspecified atom stereocenters. The minimum atomic E-state index is -0.584. The molecule has 0 bridgehead atoms. The van der Waals surface area contributed by atoms with Crippen LogP contribution in [0.3, 0.4) is 0 Å². The number of rotatable bonds is 7. The summed E-state index contributed by atoms with van der Waals surface area (Å²) < 4.78 is 5.83. The van der Waals surface area contributed by atoms with Crippen molar-refractivity contribution in [1.29, 1.82) is 0 Å². The van der Waals surface area contributed by atoms with Crippen molar-refractivity contribution >= 4 is 23.2 Å². The molecule has 1 atom stereocenters. The second-order valence-electron chi connectivity index (χ2n) is 5.59. The molecule has 0 aromatic heterocycles. The van der Waals surface area contributed by atoms with Gasteiger partial charge in [-0.1, -0.05) is 62.7 Å². The summed E-state index contributed by atoms with van der Waals surface area (Å²) in [5, 5.41) is 3.57. The van der Waals surface area contributed by atoms with Crippen molar-refractivity contribution in [3.63, 3.8) is 0 Å². The average molecular weight is 346 g/mol. The third-order valence-electron chi connectivity index (χ3n) is 4.02. The van der Waals surface area contributed by atoms with Crippen LogP contribution in [0.15, 0.2) is 42.5 Å². The molecule has 128 valence electrons. The fourth-order valence-electron chi connectivity index (χ4n) is 2.62. The van der Waals surface area contributed by atoms with Crippen molar-refractivity contribution in [2.45, 2.75) is 46.1 Å². The number of carbonyl (C=O) groups excluding carboxylic acids is 1. The van der Waals surface area contributed by atoms with E-state index in [0.29, 0.717) is 17.2 Å². The lowest BCUT2D eigenvalue weighted by atomic mass is 10.0. The largest absolute Gasteiger partial charge is 0.479 e. The number of anilines is 1. The molecule has 4 heteroatoms. The third-order valence-corrected chi connectivity index (χ3v) is 4.33. The summed E-state index contributed by atoms with van der Waals surface area (Å²) in [6.45, 7) is 6.09. The number of amides is 1. The van der Waals surface area contributed by atoms with Crippen molar-refractivity contribution in [2.75, 3.05) is 5.32 Å². The molecule has 0 saturated heterocycles. The number of hydrogen-bond acceptors (Lipinski definition) is 2. The Bertz CT molecular complexity index is 678. The van der Waals surface area contributed by atoms with Crippen molar-refractivity contribution in [3.8, 4) is 5.75 Å². The highest BCUT2D eigenvalue weighted by molar-refractivity contribution is 6.32. The van der Waals surface area contributed by atoms with E-state index < -0.39 is 6.10 Å². The lowest BCUT2D eigenvalue weighted by Gasteiger charge is -2.20. The minimum Gasteiger partial charge on any atom is -0.479 e. The molecule has 24 heavy (non-hydrogen) atoms. The summed E-state index contributed by atoms with van der Waals surface area (Å²) >= 11 is 6.13. The predicted octanol–water partition coefficient (Wildman–Crippen LogP) is 5.26. The van der Waals surface area contributed by atoms with Gasteiger partial charge >= 0.3 is 0 Å². The maximum Gasteiger partial charge on any atom is 0.265 e. The Hall–Kier alpha value is -2.00. The summed E-state index contributed by atoms with van der Waals surface area (Å²) in [5.41, 5.74) is 3.18. The van der Waals surface area contributed by atoms with Crippen molar-refractivity contribution in [1.82, 2.24) is 0 Å². The highest BCUT2D eigenvalue weighted by Gasteiger charge is 2.21. The van der Waals surface area contributed by atoms with E-state index in [0.717, 1.165) is 29.7 Å². The van der Waals surface area contributed by atoms with E-state index in [9.17, 15) is 4.79 Å². The van der Waals surface area contributed by atoms with Gasteiger partial charge in [-0.25, -0.2) is 0 Å². The number of aryl methyl sites for hydroxylation is 2. The standard InChI is InChI=1S/C20H24ClNO2/c1-4-14-10-9-11-15(5-2)19(14)22-20(23)17(6-3)24-18-13-8-7-12-16(18)21/h7-13,17H,4-6H2,1-3H3,(H,22,23)/t17-/m1/s1. The summed E-state index contributed by atoms with van der Waals surface area (Å²) in [7, 11) is 0. The second-order valence-corrected chi connectivity index (χ2v) is 6.00. The van der Waals surface area contributed by atoms with Crippen LogP contribution < -0.4 is 10.1 Å². The molecule has 2 aromatic rings. The summed E-state index contributed by atoms with van der Waals surface area (Å²) in [5.74, 6) is 0.383. The van der Waals surface area contributed by atoms with Crippen LogP contribution in [0, 0.1) is 0 Å². The van der Waals surface area contributed by atoms with Crippen LogP contribution in [0.5, 0.6) is 5.75 Å². The molecule has 0 aliphatic carbocycles. The highest BCUT2D eigenvalue weighted by atomic mass is 35.5. The molecular weight excluding hydrogens is 322 g/mol. The SMILES string of the molecule is CCc1cccc(CC)c1NC(=O)[C@@H](CC)Oc1ccccc1Cl. The number of halogens is 1. The van der Waals surface area contributed by atoms with Crippen molar-refractivity contribution in [3.05, 3.63) is 58.6 Å². The molecule has 1 N–H and O–H groups in total. The molecule has 0 heterocycles. The van der Waals surface area contributed by atoms with E-state index in [4.69, 9.17) is 16.3 Å². The van der Waals surface area contributed by atoms with Crippen LogP contribution >= 0.6 is 11.6 Å². The van der Waals surface area contributed by atoms with Crippen LogP contribution in [0.2, 0.25) is 5.02 Å². The molecule has 3 nitrogen and oxygen atoms in total. The normalized spacial score (nSPS) is 11.8. The van der Waals surface area contributed by atoms with E-state index in [1.807, 2.05) is 37.3 Å². The molecular formula is C20H24ClNO2. The molecule has 1 amide bonds. The molecule has 0 saturated carbocycles. The van der Waals surface area contributed by atoms with E-state index in [1.54, 1.807) is 12.1 Å². The number of para-hydroxylation sites is 2. The topological polar surface area (TPSA) is 38.3 Å². The van der Waals surface area contributed by atoms with E-state index >= 15 is 0 Å². The number of nitrogens with one attached hydrogen (secondary N) is 1. The monoisotopic (exact) mass is 345 g/mol. The second kappa shape index (κ2) is 8.74. The fourth-order valence-corrected chi connectivity index (χ4v) is 2.80. The Balaban J connectivity index is 2.20. The van der Waals surface area contributed by atoms with E-state index in [-0.39, 0.29) is 5.91 Å². The Morgan fingerprint density at radius 1 is 1.04 bits per heavy atom. The van der Waals surface area contributed by atoms with E-state index in [2.05, 4.69) is 19.2 Å². The first-order chi connectivity index (χ1) is 11.6. The first kappa shape index (κ1) is 18.3. The molecule has 2 aromatic carbocycles. The van der Waals surface area contributed by atoms with Gasteiger partial charge in [0.2, 0.25) is 0 Å². The van der Waals surface area contributed by atoms with Gasteiger partial charge in [-0.3, -0.25) is 4.79 Å². The van der Waals surface area contributed by atoms with Crippen LogP contribution in [0.4, 0.5) is 5.69 Å². The van der Waals surface area contributed by atoms with Crippen LogP contribution in [0.25, 0.3) is 0 Å². The smallest absolute Gasteiger partial charge is 0.265 e. The molecule has 0 radical (unpaired) electrons. The van der Waals surface area contributed by atoms with Crippen molar-refractivity contribution < 1.29 is 9.53 Å². The maximum absolute atomic E-state index is 12.7. The van der Waals surface area contributed by atoms with Gasteiger partial charge in [0, 0.05) is 5.69 Å². The Morgan fingerprint density at radius 2 is 1.67 bits per heavy atom. The zero-order valence-electron chi connectivity index (χ0n) is 14.4. The lowest BCUT2D eigenvalue weighted by Crippen LogP contribution is -2.33. The molecule has 0 aliphatic heterocycles. The van der Waals surface area contributed by atoms with Crippen molar-refractivity contribution in [2.24, 2.45) is 0 Å². The van der Waals surface area contributed by atoms with Crippen LogP contribution in [-0.4, -0.2) is 12.0 Å². The summed E-state index contributed by atoms with van der Waals surface area (Å²) in [6.07, 6.45) is 1.71. The Kier molecular flexibility index (Phi) is 6.68. The van der Waals surface area contributed by atoms with Gasteiger partial charge < -0.3 is 10.1 Å². The van der Waals surface area contributed by atoms with Crippen LogP contribution in [0.1, 0.15) is 38.3 Å². The Morgan fingerprint density at radius 3 is 2.21 bits per heavy atom. The summed E-state index contributed by atoms with van der Waals surface area (Å²) in [6, 6.07) is 13.3. The van der Waals surface area contributed by atoms with Gasteiger partial charge in [-0.15, -0.1) is 0 Å². The van der Waals surface area contributed by atoms with Gasteiger partial charge in [-0.2, -0.15) is 0 Å². The van der Waals surface area contributed by atoms with Crippen LogP contribution in [-0.2, 0) is 17.6 Å². The van der Waals surface area contributed by atoms with Gasteiger partial charge in [0.15, 0.2) is 6.10 Å². The predicted molar refractivity (Wildman–Crippen MR) is 100.0 cm³/mol. The average Bonchev–Trinajstić information content (AvgIpc) is 2.61.